The third kappa shape index (κ3) is 9.12. The topological polar surface area (TPSA) is 230 Å². The molecule has 0 saturated carbocycles. The fourth-order valence-electron chi connectivity index (χ4n) is 11.0. The van der Waals surface area contributed by atoms with Gasteiger partial charge in [-0.25, -0.2) is 9.78 Å². The minimum atomic E-state index is -1.50. The minimum absolute atomic E-state index is 0.0308. The quantitative estimate of drug-likeness (QED) is 0.103. The van der Waals surface area contributed by atoms with Crippen LogP contribution in [0.25, 0.3) is 10.8 Å². The van der Waals surface area contributed by atoms with Crippen LogP contribution in [0.2, 0.25) is 5.15 Å². The zero-order chi connectivity index (χ0) is 49.4. The summed E-state index contributed by atoms with van der Waals surface area (Å²) >= 11 is 6.85. The summed E-state index contributed by atoms with van der Waals surface area (Å²) in [6.07, 6.45) is -2.24. The number of epoxide rings is 1. The van der Waals surface area contributed by atoms with E-state index in [-0.39, 0.29) is 65.7 Å². The van der Waals surface area contributed by atoms with Gasteiger partial charge in [-0.1, -0.05) is 11.6 Å². The number of methoxy groups -OCH3 is 2. The van der Waals surface area contributed by atoms with Gasteiger partial charge in [0.25, 0.3) is 5.91 Å². The van der Waals surface area contributed by atoms with Crippen LogP contribution in [-0.4, -0.2) is 162 Å². The number of pyridine rings is 1. The molecule has 19 heteroatoms. The van der Waals surface area contributed by atoms with Crippen LogP contribution in [0.1, 0.15) is 69.9 Å². The monoisotopic (exact) mass is 979 g/mol. The second-order valence-electron chi connectivity index (χ2n) is 19.8. The maximum absolute atomic E-state index is 14.5. The van der Waals surface area contributed by atoms with Crippen molar-refractivity contribution in [2.45, 2.75) is 145 Å². The SMILES string of the molecule is COc1c(OC(C)C)cc2cc(O)c(C(=O)NC3Cc4ccc(c(Cl)n4)O[C@H]4C=C5C(=C[C@@H]6O[C@]56[C@@H]4O[C@H]4C[C@@](C)(O)[C@@H](O)[C@H](C)O4)C(C[C@H]4C[C@H](O)[C@H](N(C)C)[C@H](C)O4)COC3=O)cc2c1OC. The molecule has 2 aromatic carbocycles. The molecular weight excluding hydrogens is 918 g/mol. The molecule has 5 N–H and O–H groups in total. The highest BCUT2D eigenvalue weighted by molar-refractivity contribution is 6.30. The lowest BCUT2D eigenvalue weighted by atomic mass is 9.84. The normalized spacial score (nSPS) is 35.1. The van der Waals surface area contributed by atoms with Gasteiger partial charge in [-0.15, -0.1) is 0 Å². The number of likely N-dealkylation sites (N-methyl/N-ethyl adjacent to an activating group) is 1. The van der Waals surface area contributed by atoms with Crippen LogP contribution < -0.4 is 24.3 Å². The largest absolute Gasteiger partial charge is 0.507 e. The number of halogens is 1. The highest BCUT2D eigenvalue weighted by atomic mass is 35.5. The van der Waals surface area contributed by atoms with Crippen LogP contribution in [0.15, 0.2) is 53.6 Å². The Kier molecular flexibility index (Phi) is 13.4. The molecule has 6 heterocycles. The summed E-state index contributed by atoms with van der Waals surface area (Å²) in [5.74, 6) is -1.28. The number of aromatic hydroxyl groups is 1. The Balaban J connectivity index is 1.06. The molecule has 5 aliphatic heterocycles. The van der Waals surface area contributed by atoms with Crippen molar-refractivity contribution < 1.29 is 72.6 Å². The van der Waals surface area contributed by atoms with Gasteiger partial charge >= 0.3 is 5.97 Å². The van der Waals surface area contributed by atoms with Gasteiger partial charge in [-0.3, -0.25) is 4.79 Å². The summed E-state index contributed by atoms with van der Waals surface area (Å²) in [5.41, 5.74) is -0.830. The summed E-state index contributed by atoms with van der Waals surface area (Å²) < 4.78 is 56.0. The van der Waals surface area contributed by atoms with Gasteiger partial charge in [0.05, 0.1) is 68.6 Å². The van der Waals surface area contributed by atoms with Crippen molar-refractivity contribution in [1.29, 1.82) is 0 Å². The van der Waals surface area contributed by atoms with Crippen molar-refractivity contribution in [2.24, 2.45) is 5.92 Å². The molecular formula is C50H62ClN3O15. The smallest absolute Gasteiger partial charge is 0.329 e. The number of carbonyl (C=O) groups is 2. The highest BCUT2D eigenvalue weighted by Gasteiger charge is 2.73. The fraction of sp³-hybridized carbons (Fsp3) is 0.580. The molecule has 3 saturated heterocycles. The number of phenols is 1. The first-order valence-electron chi connectivity index (χ1n) is 23.4. The number of fused-ring (bicyclic) bond motifs is 8. The third-order valence-corrected chi connectivity index (χ3v) is 14.5. The molecule has 0 radical (unpaired) electrons. The fourth-order valence-corrected chi connectivity index (χ4v) is 11.2. The molecule has 69 heavy (non-hydrogen) atoms. The number of phenolic OH excluding ortho intramolecular Hbond substituents is 1. The van der Waals surface area contributed by atoms with Crippen LogP contribution in [0.4, 0.5) is 0 Å². The number of rotatable bonds is 11. The average molecular weight is 981 g/mol. The molecule has 10 rings (SSSR count). The lowest BCUT2D eigenvalue weighted by Gasteiger charge is -2.43. The number of esters is 1. The molecule has 1 aromatic heterocycles. The van der Waals surface area contributed by atoms with Gasteiger partial charge in [0.2, 0.25) is 5.75 Å². The molecule has 374 valence electrons. The molecule has 2 aliphatic carbocycles. The number of hydrogen-bond donors (Lipinski definition) is 5. The van der Waals surface area contributed by atoms with E-state index in [1.165, 1.54) is 33.3 Å². The first kappa shape index (κ1) is 49.2. The molecule has 4 bridgehead atoms. The highest BCUT2D eigenvalue weighted by Crippen LogP contribution is 2.62. The van der Waals surface area contributed by atoms with E-state index in [1.807, 2.05) is 51.9 Å². The number of nitrogens with one attached hydrogen (secondary N) is 1. The van der Waals surface area contributed by atoms with Crippen LogP contribution in [0.5, 0.6) is 28.7 Å². The van der Waals surface area contributed by atoms with Crippen LogP contribution in [0.3, 0.4) is 0 Å². The van der Waals surface area contributed by atoms with E-state index < -0.39 is 84.1 Å². The van der Waals surface area contributed by atoms with Gasteiger partial charge < -0.3 is 73.3 Å². The second kappa shape index (κ2) is 18.8. The van der Waals surface area contributed by atoms with E-state index >= 15 is 0 Å². The van der Waals surface area contributed by atoms with Crippen molar-refractivity contribution in [3.63, 3.8) is 0 Å². The number of aromatic nitrogens is 1. The lowest BCUT2D eigenvalue weighted by molar-refractivity contribution is -0.290. The molecule has 1 amide bonds. The predicted molar refractivity (Wildman–Crippen MR) is 249 cm³/mol. The van der Waals surface area contributed by atoms with Gasteiger partial charge in [0, 0.05) is 36.3 Å². The number of nitrogens with zero attached hydrogens (tertiary/aromatic N) is 2. The Morgan fingerprint density at radius 1 is 1.06 bits per heavy atom. The minimum Gasteiger partial charge on any atom is -0.507 e. The van der Waals surface area contributed by atoms with E-state index in [9.17, 15) is 30.0 Å². The van der Waals surface area contributed by atoms with Crippen LogP contribution >= 0.6 is 11.6 Å². The Labute approximate surface area is 405 Å². The van der Waals surface area contributed by atoms with Gasteiger partial charge in [0.15, 0.2) is 34.3 Å². The Bertz CT molecular complexity index is 2540. The van der Waals surface area contributed by atoms with Crippen molar-refractivity contribution in [1.82, 2.24) is 15.2 Å². The zero-order valence-electron chi connectivity index (χ0n) is 40.1. The van der Waals surface area contributed by atoms with E-state index in [2.05, 4.69) is 10.3 Å². The second-order valence-corrected chi connectivity index (χ2v) is 20.1. The maximum Gasteiger partial charge on any atom is 0.329 e. The van der Waals surface area contributed by atoms with E-state index in [1.54, 1.807) is 25.1 Å². The number of aliphatic hydroxyl groups excluding tert-OH is 2. The van der Waals surface area contributed by atoms with Gasteiger partial charge in [0.1, 0.15) is 36.2 Å². The summed E-state index contributed by atoms with van der Waals surface area (Å²) in [6.45, 7) is 8.69. The Morgan fingerprint density at radius 2 is 1.81 bits per heavy atom. The van der Waals surface area contributed by atoms with Gasteiger partial charge in [-0.2, -0.15) is 0 Å². The summed E-state index contributed by atoms with van der Waals surface area (Å²) in [6, 6.07) is 6.22. The van der Waals surface area contributed by atoms with E-state index in [0.717, 1.165) is 11.1 Å². The number of ether oxygens (including phenoxy) is 9. The number of amides is 1. The Morgan fingerprint density at radius 3 is 2.48 bits per heavy atom. The summed E-state index contributed by atoms with van der Waals surface area (Å²) in [7, 11) is 6.72. The number of hydrogen-bond acceptors (Lipinski definition) is 17. The number of aliphatic hydroxyl groups is 3. The predicted octanol–water partition coefficient (Wildman–Crippen LogP) is 4.17. The van der Waals surface area contributed by atoms with E-state index in [0.29, 0.717) is 40.8 Å². The molecule has 3 fully saturated rings. The molecule has 2 unspecified atom stereocenters. The standard InChI is InChI=1S/C50H62ClN3O15/c1-22(2)64-37-14-25-13-34(55)31(17-30(25)42(61-8)43(37)62-9)47(58)53-33-15-27-10-11-36(46(51)52-27)67-38-19-32-29(26(21-63-48(33)59)12-28-16-35(56)41(54(6)7)23(3)65-28)18-39-50(32,69-39)45(38)68-40-20-49(5,60)44(57)24(4)66-40/h10-11,13-14,17-19,22-24,26,28,33,35,38-41,44-45,55-57,60H,12,15-16,20-21H2,1-9H3,(H,53,58)/t23-,24-,26?,28-,33?,35-,38-,39-,40-,41+,44-,45+,49+,50+/m0/s1. The molecule has 3 aromatic rings. The molecule has 7 aliphatic rings. The maximum atomic E-state index is 14.5. The van der Waals surface area contributed by atoms with Crippen molar-refractivity contribution in [3.8, 4) is 28.7 Å². The Hall–Kier alpha value is -4.76. The summed E-state index contributed by atoms with van der Waals surface area (Å²) in [5, 5.41) is 48.2. The molecule has 14 atom stereocenters. The first-order chi connectivity index (χ1) is 32.7. The molecule has 1 spiro atoms. The lowest BCUT2D eigenvalue weighted by Crippen LogP contribution is -2.57. The van der Waals surface area contributed by atoms with Crippen molar-refractivity contribution in [2.75, 3.05) is 34.9 Å². The zero-order valence-corrected chi connectivity index (χ0v) is 40.9. The van der Waals surface area contributed by atoms with Crippen LogP contribution in [0, 0.1) is 5.92 Å². The van der Waals surface area contributed by atoms with Gasteiger partial charge in [-0.05, 0) is 114 Å². The first-order valence-corrected chi connectivity index (χ1v) is 23.8. The van der Waals surface area contributed by atoms with E-state index in [4.69, 9.17) is 54.2 Å². The molecule has 18 nitrogen and oxygen atoms in total. The average Bonchev–Trinajstić information content (AvgIpc) is 3.79. The number of carbonyl (C=O) groups excluding carboxylic acids is 2. The van der Waals surface area contributed by atoms with Crippen molar-refractivity contribution >= 4 is 34.2 Å². The van der Waals surface area contributed by atoms with Crippen molar-refractivity contribution in [3.05, 3.63) is 70.0 Å². The van der Waals surface area contributed by atoms with Crippen LogP contribution in [-0.2, 0) is 34.9 Å². The summed E-state index contributed by atoms with van der Waals surface area (Å²) in [4.78, 5) is 35.4. The third-order valence-electron chi connectivity index (χ3n) is 14.2. The number of benzene rings is 2.